The van der Waals surface area contributed by atoms with Gasteiger partial charge in [0, 0.05) is 18.5 Å². The van der Waals surface area contributed by atoms with E-state index >= 15 is 0 Å². The van der Waals surface area contributed by atoms with Crippen LogP contribution in [0.3, 0.4) is 0 Å². The first-order chi connectivity index (χ1) is 12.3. The van der Waals surface area contributed by atoms with Crippen LogP contribution < -0.4 is 5.32 Å². The van der Waals surface area contributed by atoms with Gasteiger partial charge in [-0.05, 0) is 36.8 Å². The Morgan fingerprint density at radius 3 is 2.81 bits per heavy atom. The number of halogens is 4. The van der Waals surface area contributed by atoms with Crippen molar-refractivity contribution in [1.82, 2.24) is 14.8 Å². The number of rotatable bonds is 2. The molecule has 5 nitrogen and oxygen atoms in total. The fourth-order valence-corrected chi connectivity index (χ4v) is 3.52. The highest BCUT2D eigenvalue weighted by Crippen LogP contribution is 2.39. The van der Waals surface area contributed by atoms with Crippen molar-refractivity contribution in [3.05, 3.63) is 40.5 Å². The minimum Gasteiger partial charge on any atom is -0.373 e. The maximum atomic E-state index is 13.1. The lowest BCUT2D eigenvalue weighted by molar-refractivity contribution is -0.140. The molecule has 136 valence electrons. The minimum atomic E-state index is -4.54. The average Bonchev–Trinajstić information content (AvgIpc) is 3.12. The number of nitrogens with one attached hydrogen (secondary N) is 1. The quantitative estimate of drug-likeness (QED) is 0.701. The number of benzene rings is 1. The molecular formula is C17H14ClF3N4O. The first-order valence-electron chi connectivity index (χ1n) is 8.00. The second-order valence-electron chi connectivity index (χ2n) is 6.08. The molecule has 0 saturated heterocycles. The molecule has 0 fully saturated rings. The number of pyridine rings is 1. The van der Waals surface area contributed by atoms with Crippen molar-refractivity contribution in [2.75, 3.05) is 5.32 Å². The first-order valence-corrected chi connectivity index (χ1v) is 8.38. The lowest BCUT2D eigenvalue weighted by Gasteiger charge is -2.10. The first kappa shape index (κ1) is 17.1. The van der Waals surface area contributed by atoms with Crippen molar-refractivity contribution >= 4 is 28.3 Å². The molecule has 0 bridgehead atoms. The lowest BCUT2D eigenvalue weighted by atomic mass is 10.0. The molecule has 0 saturated carbocycles. The topological polar surface area (TPSA) is 63.0 Å². The van der Waals surface area contributed by atoms with E-state index in [1.807, 2.05) is 6.92 Å². The Morgan fingerprint density at radius 2 is 2.12 bits per heavy atom. The van der Waals surface area contributed by atoms with E-state index in [9.17, 15) is 18.3 Å². The predicted molar refractivity (Wildman–Crippen MR) is 92.0 cm³/mol. The van der Waals surface area contributed by atoms with Crippen LogP contribution in [0.25, 0.3) is 22.3 Å². The van der Waals surface area contributed by atoms with Crippen LogP contribution in [0, 0.1) is 0 Å². The molecule has 1 atom stereocenters. The molecule has 0 radical (unpaired) electrons. The zero-order chi connectivity index (χ0) is 18.6. The van der Waals surface area contributed by atoms with Crippen LogP contribution >= 0.6 is 11.6 Å². The fraction of sp³-hybridized carbons (Fsp3) is 0.294. The van der Waals surface area contributed by atoms with Gasteiger partial charge in [-0.3, -0.25) is 4.68 Å². The number of anilines is 1. The van der Waals surface area contributed by atoms with Crippen molar-refractivity contribution in [3.8, 4) is 11.3 Å². The molecule has 26 heavy (non-hydrogen) atoms. The van der Waals surface area contributed by atoms with E-state index in [2.05, 4.69) is 15.4 Å². The molecule has 1 aromatic carbocycles. The van der Waals surface area contributed by atoms with Crippen molar-refractivity contribution < 1.29 is 18.3 Å². The fourth-order valence-electron chi connectivity index (χ4n) is 3.23. The van der Waals surface area contributed by atoms with Crippen LogP contribution in [-0.2, 0) is 19.1 Å². The summed E-state index contributed by atoms with van der Waals surface area (Å²) in [7, 11) is 0. The largest absolute Gasteiger partial charge is 0.433 e. The highest BCUT2D eigenvalue weighted by molar-refractivity contribution is 6.34. The summed E-state index contributed by atoms with van der Waals surface area (Å²) >= 11 is 6.30. The Bertz CT molecular complexity index is 1020. The summed E-state index contributed by atoms with van der Waals surface area (Å²) in [5.74, 6) is 0. The molecule has 2 aromatic heterocycles. The van der Waals surface area contributed by atoms with E-state index in [1.54, 1.807) is 16.8 Å². The van der Waals surface area contributed by atoms with Crippen LogP contribution in [0.4, 0.5) is 18.9 Å². The molecule has 3 heterocycles. The number of fused-ring (bicyclic) bond motifs is 2. The third-order valence-corrected chi connectivity index (χ3v) is 4.64. The molecule has 0 amide bonds. The van der Waals surface area contributed by atoms with E-state index in [0.29, 0.717) is 40.4 Å². The summed E-state index contributed by atoms with van der Waals surface area (Å²) in [5, 5.41) is 17.4. The summed E-state index contributed by atoms with van der Waals surface area (Å²) in [4.78, 5) is 3.81. The number of nitrogens with zero attached hydrogens (tertiary/aromatic N) is 3. The van der Waals surface area contributed by atoms with Crippen LogP contribution in [0.2, 0.25) is 5.02 Å². The maximum absolute atomic E-state index is 13.1. The molecule has 9 heteroatoms. The Balaban J connectivity index is 1.96. The number of alkyl halides is 3. The van der Waals surface area contributed by atoms with Crippen LogP contribution in [0.15, 0.2) is 24.3 Å². The molecule has 0 spiro atoms. The molecule has 4 rings (SSSR count). The van der Waals surface area contributed by atoms with Crippen LogP contribution in [0.5, 0.6) is 0 Å². The zero-order valence-electron chi connectivity index (χ0n) is 13.6. The standard InChI is InChI=1S/C17H14ClF3N4O/c1-2-25-16(9-5-8-7-13(26)23-14(8)10(18)6-9)15-11(24-25)3-4-12(22-15)17(19,20)21/h3-6,13,23,26H,2,7H2,1H3. The number of aromatic nitrogens is 3. The molecule has 0 aliphatic carbocycles. The third-order valence-electron chi connectivity index (χ3n) is 4.34. The average molecular weight is 383 g/mol. The molecule has 1 aliphatic rings. The van der Waals surface area contributed by atoms with Crippen LogP contribution in [-0.4, -0.2) is 26.1 Å². The van der Waals surface area contributed by atoms with Gasteiger partial charge < -0.3 is 10.4 Å². The number of aliphatic hydroxyl groups excluding tert-OH is 1. The Hall–Kier alpha value is -2.32. The van der Waals surface area contributed by atoms with Crippen molar-refractivity contribution in [1.29, 1.82) is 0 Å². The normalized spacial score (nSPS) is 16.8. The Labute approximate surface area is 151 Å². The molecule has 1 unspecified atom stereocenters. The van der Waals surface area contributed by atoms with E-state index in [4.69, 9.17) is 11.6 Å². The molecule has 3 aromatic rings. The minimum absolute atomic E-state index is 0.171. The van der Waals surface area contributed by atoms with E-state index in [0.717, 1.165) is 11.6 Å². The summed E-state index contributed by atoms with van der Waals surface area (Å²) in [6.07, 6.45) is -4.91. The van der Waals surface area contributed by atoms with Gasteiger partial charge in [0.2, 0.25) is 0 Å². The number of aryl methyl sites for hydroxylation is 1. The van der Waals surface area contributed by atoms with Gasteiger partial charge in [0.25, 0.3) is 0 Å². The smallest absolute Gasteiger partial charge is 0.373 e. The summed E-state index contributed by atoms with van der Waals surface area (Å²) in [6, 6.07) is 5.70. The van der Waals surface area contributed by atoms with Gasteiger partial charge >= 0.3 is 6.18 Å². The summed E-state index contributed by atoms with van der Waals surface area (Å²) in [6.45, 7) is 2.31. The number of hydrogen-bond donors (Lipinski definition) is 2. The van der Waals surface area contributed by atoms with Crippen molar-refractivity contribution in [2.24, 2.45) is 0 Å². The maximum Gasteiger partial charge on any atom is 0.433 e. The highest BCUT2D eigenvalue weighted by Gasteiger charge is 2.33. The number of aliphatic hydroxyl groups is 1. The van der Waals surface area contributed by atoms with Gasteiger partial charge in [-0.1, -0.05) is 11.6 Å². The highest BCUT2D eigenvalue weighted by atomic mass is 35.5. The van der Waals surface area contributed by atoms with Gasteiger partial charge in [0.15, 0.2) is 0 Å². The van der Waals surface area contributed by atoms with E-state index in [-0.39, 0.29) is 5.52 Å². The lowest BCUT2D eigenvalue weighted by Crippen LogP contribution is -2.12. The Morgan fingerprint density at radius 1 is 1.35 bits per heavy atom. The van der Waals surface area contributed by atoms with Gasteiger partial charge in [-0.2, -0.15) is 18.3 Å². The SMILES string of the molecule is CCn1nc2ccc(C(F)(F)F)nc2c1-c1cc(Cl)c2c(c1)CC(O)N2. The second kappa shape index (κ2) is 5.85. The zero-order valence-corrected chi connectivity index (χ0v) is 14.4. The number of hydrogen-bond acceptors (Lipinski definition) is 4. The second-order valence-corrected chi connectivity index (χ2v) is 6.49. The van der Waals surface area contributed by atoms with Crippen molar-refractivity contribution in [2.45, 2.75) is 32.3 Å². The van der Waals surface area contributed by atoms with Crippen molar-refractivity contribution in [3.63, 3.8) is 0 Å². The predicted octanol–water partition coefficient (Wildman–Crippen LogP) is 4.08. The van der Waals surface area contributed by atoms with Gasteiger partial charge in [0.1, 0.15) is 23.0 Å². The monoisotopic (exact) mass is 382 g/mol. The summed E-state index contributed by atoms with van der Waals surface area (Å²) < 4.78 is 40.8. The van der Waals surface area contributed by atoms with Crippen LogP contribution in [0.1, 0.15) is 18.2 Å². The third kappa shape index (κ3) is 2.69. The van der Waals surface area contributed by atoms with E-state index in [1.165, 1.54) is 6.07 Å². The molecule has 2 N–H and O–H groups in total. The summed E-state index contributed by atoms with van der Waals surface area (Å²) in [5.41, 5.74) is 2.10. The molecule has 1 aliphatic heterocycles. The van der Waals surface area contributed by atoms with Gasteiger partial charge in [-0.15, -0.1) is 0 Å². The molecular weight excluding hydrogens is 369 g/mol. The van der Waals surface area contributed by atoms with Gasteiger partial charge in [-0.25, -0.2) is 4.98 Å². The van der Waals surface area contributed by atoms with E-state index < -0.39 is 18.1 Å². The van der Waals surface area contributed by atoms with Gasteiger partial charge in [0.05, 0.1) is 16.4 Å². The Kier molecular flexibility index (Phi) is 3.85.